The number of rotatable bonds is 5. The number of anilines is 2. The summed E-state index contributed by atoms with van der Waals surface area (Å²) in [5.74, 6) is 0.0203. The van der Waals surface area contributed by atoms with E-state index in [1.807, 2.05) is 54.3 Å². The molecule has 2 amide bonds. The lowest BCUT2D eigenvalue weighted by atomic mass is 10.1. The fraction of sp³-hybridized carbons (Fsp3) is 0.400. The summed E-state index contributed by atoms with van der Waals surface area (Å²) in [4.78, 5) is 32.0. The van der Waals surface area contributed by atoms with E-state index < -0.39 is 0 Å². The van der Waals surface area contributed by atoms with Crippen molar-refractivity contribution in [1.29, 1.82) is 0 Å². The first-order valence-electron chi connectivity index (χ1n) is 11.7. The molecule has 2 aliphatic rings. The second-order valence-corrected chi connectivity index (χ2v) is 9.57. The van der Waals surface area contributed by atoms with Crippen LogP contribution in [0.1, 0.15) is 12.1 Å². The number of carbonyl (C=O) groups excluding carboxylic acids is 2. The number of aromatic nitrogens is 2. The van der Waals surface area contributed by atoms with Crippen LogP contribution >= 0.6 is 11.6 Å². The average molecular weight is 481 g/mol. The number of piperazine rings is 1. The summed E-state index contributed by atoms with van der Waals surface area (Å²) in [6, 6.07) is 13.6. The highest BCUT2D eigenvalue weighted by Crippen LogP contribution is 2.24. The predicted octanol–water partition coefficient (Wildman–Crippen LogP) is 3.13. The van der Waals surface area contributed by atoms with Crippen LogP contribution in [0.2, 0.25) is 5.02 Å². The minimum Gasteiger partial charge on any atom is -0.368 e. The maximum Gasteiger partial charge on any atom is 0.236 e. The highest BCUT2D eigenvalue weighted by Gasteiger charge is 2.31. The lowest BCUT2D eigenvalue weighted by Crippen LogP contribution is -2.51. The zero-order valence-corrected chi connectivity index (χ0v) is 20.0. The van der Waals surface area contributed by atoms with Gasteiger partial charge in [-0.2, -0.15) is 5.10 Å². The number of H-pyrrole nitrogens is 1. The topological polar surface area (TPSA) is 84.6 Å². The van der Waals surface area contributed by atoms with Gasteiger partial charge in [-0.05, 0) is 56.3 Å². The number of benzene rings is 2. The number of fused-ring (bicyclic) bond motifs is 1. The van der Waals surface area contributed by atoms with Crippen LogP contribution in [-0.4, -0.2) is 77.6 Å². The van der Waals surface area contributed by atoms with Crippen molar-refractivity contribution in [3.63, 3.8) is 0 Å². The highest BCUT2D eigenvalue weighted by atomic mass is 35.5. The smallest absolute Gasteiger partial charge is 0.236 e. The van der Waals surface area contributed by atoms with E-state index in [2.05, 4.69) is 25.3 Å². The molecule has 0 aliphatic carbocycles. The molecule has 0 bridgehead atoms. The van der Waals surface area contributed by atoms with Crippen LogP contribution in [0, 0.1) is 12.8 Å². The van der Waals surface area contributed by atoms with E-state index in [9.17, 15) is 9.59 Å². The Morgan fingerprint density at radius 3 is 2.74 bits per heavy atom. The Labute approximate surface area is 203 Å². The number of hydrogen-bond donors (Lipinski definition) is 2. The Hall–Kier alpha value is -3.10. The van der Waals surface area contributed by atoms with E-state index in [1.54, 1.807) is 0 Å². The summed E-state index contributed by atoms with van der Waals surface area (Å²) in [5, 5.41) is 12.0. The van der Waals surface area contributed by atoms with E-state index in [0.29, 0.717) is 26.2 Å². The normalized spacial score (nSPS) is 19.1. The molecule has 8 nitrogen and oxygen atoms in total. The summed E-state index contributed by atoms with van der Waals surface area (Å²) >= 11 is 6.11. The van der Waals surface area contributed by atoms with E-state index in [1.165, 1.54) is 0 Å². The minimum atomic E-state index is -0.117. The Bertz CT molecular complexity index is 1200. The Morgan fingerprint density at radius 2 is 1.94 bits per heavy atom. The maximum atomic E-state index is 12.9. The lowest BCUT2D eigenvalue weighted by molar-refractivity contribution is -0.132. The van der Waals surface area contributed by atoms with Gasteiger partial charge < -0.3 is 15.1 Å². The Balaban J connectivity index is 1.10. The first-order chi connectivity index (χ1) is 16.5. The summed E-state index contributed by atoms with van der Waals surface area (Å²) < 4.78 is 0. The molecule has 0 radical (unpaired) electrons. The first-order valence-corrected chi connectivity index (χ1v) is 12.1. The van der Waals surface area contributed by atoms with Crippen LogP contribution in [0.15, 0.2) is 42.5 Å². The van der Waals surface area contributed by atoms with E-state index in [-0.39, 0.29) is 17.7 Å². The maximum absolute atomic E-state index is 12.9. The number of amides is 2. The van der Waals surface area contributed by atoms with Crippen LogP contribution in [0.3, 0.4) is 0 Å². The molecular formula is C25H29ClN6O2. The molecule has 2 N–H and O–H groups in total. The zero-order valence-electron chi connectivity index (χ0n) is 19.3. The van der Waals surface area contributed by atoms with Gasteiger partial charge in [0.15, 0.2) is 0 Å². The molecule has 0 spiro atoms. The number of aromatic amines is 1. The van der Waals surface area contributed by atoms with E-state index in [0.717, 1.165) is 59.0 Å². The third-order valence-corrected chi connectivity index (χ3v) is 7.06. The quantitative estimate of drug-likeness (QED) is 0.586. The van der Waals surface area contributed by atoms with Gasteiger partial charge in [0, 0.05) is 60.2 Å². The third kappa shape index (κ3) is 4.88. The molecule has 2 fully saturated rings. The van der Waals surface area contributed by atoms with Crippen molar-refractivity contribution in [3.8, 4) is 0 Å². The highest BCUT2D eigenvalue weighted by molar-refractivity contribution is 6.30. The molecule has 178 valence electrons. The number of carbonyl (C=O) groups is 2. The molecular weight excluding hydrogens is 452 g/mol. The monoisotopic (exact) mass is 480 g/mol. The van der Waals surface area contributed by atoms with Gasteiger partial charge in [-0.25, -0.2) is 0 Å². The molecule has 1 unspecified atom stereocenters. The van der Waals surface area contributed by atoms with Gasteiger partial charge in [-0.3, -0.25) is 19.6 Å². The third-order valence-electron chi connectivity index (χ3n) is 6.82. The van der Waals surface area contributed by atoms with Crippen LogP contribution in [0.25, 0.3) is 10.9 Å². The molecule has 1 aromatic heterocycles. The molecule has 2 aromatic carbocycles. The van der Waals surface area contributed by atoms with Crippen molar-refractivity contribution < 1.29 is 9.59 Å². The molecule has 9 heteroatoms. The summed E-state index contributed by atoms with van der Waals surface area (Å²) in [6.45, 7) is 6.65. The lowest BCUT2D eigenvalue weighted by Gasteiger charge is -2.36. The van der Waals surface area contributed by atoms with Crippen LogP contribution in [-0.2, 0) is 9.59 Å². The number of aryl methyl sites for hydroxylation is 1. The van der Waals surface area contributed by atoms with Gasteiger partial charge in [0.05, 0.1) is 18.0 Å². The molecule has 5 rings (SSSR count). The molecule has 1 atom stereocenters. The Morgan fingerprint density at radius 1 is 1.12 bits per heavy atom. The SMILES string of the molecule is Cc1[nH]nc2ccc(NC(=O)C3CCN(CC(=O)N4CCN(c5cccc(Cl)c5)CC4)C3)cc12. The van der Waals surface area contributed by atoms with Crippen LogP contribution < -0.4 is 10.2 Å². The molecule has 3 aromatic rings. The second kappa shape index (κ2) is 9.64. The van der Waals surface area contributed by atoms with Crippen LogP contribution in [0.5, 0.6) is 0 Å². The van der Waals surface area contributed by atoms with Crippen molar-refractivity contribution in [3.05, 3.63) is 53.2 Å². The first kappa shape index (κ1) is 22.7. The predicted molar refractivity (Wildman–Crippen MR) is 134 cm³/mol. The minimum absolute atomic E-state index is 0.00517. The summed E-state index contributed by atoms with van der Waals surface area (Å²) in [5.41, 5.74) is 3.73. The van der Waals surface area contributed by atoms with Crippen molar-refractivity contribution in [2.24, 2.45) is 5.92 Å². The number of likely N-dealkylation sites (tertiary alicyclic amines) is 1. The second-order valence-electron chi connectivity index (χ2n) is 9.14. The van der Waals surface area contributed by atoms with Crippen molar-refractivity contribution >= 4 is 45.7 Å². The Kier molecular flexibility index (Phi) is 6.43. The van der Waals surface area contributed by atoms with Crippen LogP contribution in [0.4, 0.5) is 11.4 Å². The van der Waals surface area contributed by atoms with Gasteiger partial charge in [0.2, 0.25) is 11.8 Å². The van der Waals surface area contributed by atoms with Crippen molar-refractivity contribution in [1.82, 2.24) is 20.0 Å². The number of nitrogens with zero attached hydrogens (tertiary/aromatic N) is 4. The van der Waals surface area contributed by atoms with Gasteiger partial charge in [0.25, 0.3) is 0 Å². The van der Waals surface area contributed by atoms with Gasteiger partial charge in [-0.15, -0.1) is 0 Å². The van der Waals surface area contributed by atoms with Gasteiger partial charge in [0.1, 0.15) is 0 Å². The molecule has 0 saturated carbocycles. The molecule has 3 heterocycles. The average Bonchev–Trinajstić information content (AvgIpc) is 3.46. The van der Waals surface area contributed by atoms with Gasteiger partial charge in [-0.1, -0.05) is 17.7 Å². The van der Waals surface area contributed by atoms with E-state index >= 15 is 0 Å². The summed E-state index contributed by atoms with van der Waals surface area (Å²) in [6.07, 6.45) is 0.759. The molecule has 2 saturated heterocycles. The number of hydrogen-bond acceptors (Lipinski definition) is 5. The molecule has 34 heavy (non-hydrogen) atoms. The number of nitrogens with one attached hydrogen (secondary N) is 2. The number of halogens is 1. The standard InChI is InChI=1S/C25H29ClN6O2/c1-17-22-14-20(5-6-23(22)29-28-17)27-25(34)18-7-8-30(15-18)16-24(33)32-11-9-31(10-12-32)21-4-2-3-19(26)13-21/h2-6,13-14,18H,7-12,15-16H2,1H3,(H,27,34)(H,28,29). The summed E-state index contributed by atoms with van der Waals surface area (Å²) in [7, 11) is 0. The van der Waals surface area contributed by atoms with Crippen molar-refractivity contribution in [2.45, 2.75) is 13.3 Å². The van der Waals surface area contributed by atoms with Gasteiger partial charge >= 0.3 is 0 Å². The zero-order chi connectivity index (χ0) is 23.7. The van der Waals surface area contributed by atoms with E-state index in [4.69, 9.17) is 11.6 Å². The fourth-order valence-corrected chi connectivity index (χ4v) is 5.01. The largest absolute Gasteiger partial charge is 0.368 e. The van der Waals surface area contributed by atoms with Crippen molar-refractivity contribution in [2.75, 3.05) is 56.0 Å². The molecule has 2 aliphatic heterocycles. The fourth-order valence-electron chi connectivity index (χ4n) is 4.83.